The zero-order valence-corrected chi connectivity index (χ0v) is 7.34. The summed E-state index contributed by atoms with van der Waals surface area (Å²) < 4.78 is 13.0. The van der Waals surface area contributed by atoms with Crippen LogP contribution in [0.2, 0.25) is 0 Å². The molecule has 0 saturated heterocycles. The fraction of sp³-hybridized carbons (Fsp3) is 0.200. The van der Waals surface area contributed by atoms with Crippen molar-refractivity contribution in [2.45, 2.75) is 13.8 Å². The van der Waals surface area contributed by atoms with E-state index in [1.54, 1.807) is 17.2 Å². The van der Waals surface area contributed by atoms with Gasteiger partial charge in [-0.2, -0.15) is 0 Å². The number of hydrogen-bond acceptors (Lipinski definition) is 1. The van der Waals surface area contributed by atoms with E-state index in [0.29, 0.717) is 5.70 Å². The summed E-state index contributed by atoms with van der Waals surface area (Å²) >= 11 is 0. The molecule has 1 aliphatic heterocycles. The average Bonchev–Trinajstić information content (AvgIpc) is 2.08. The molecule has 0 saturated carbocycles. The Balaban J connectivity index is 2.91. The standard InChI is InChI=1S/C10H12FN/c1-4-8(2)12-7-5-6-10(11)9(12)3/h4-7H,3H2,1-2H3/b8-4-. The van der Waals surface area contributed by atoms with Crippen LogP contribution in [0, 0.1) is 0 Å². The van der Waals surface area contributed by atoms with Gasteiger partial charge in [0.05, 0.1) is 5.70 Å². The minimum absolute atomic E-state index is 0.279. The van der Waals surface area contributed by atoms with Gasteiger partial charge in [0.25, 0.3) is 0 Å². The summed E-state index contributed by atoms with van der Waals surface area (Å²) in [5.74, 6) is -0.279. The lowest BCUT2D eigenvalue weighted by atomic mass is 10.2. The lowest BCUT2D eigenvalue weighted by molar-refractivity contribution is 0.514. The van der Waals surface area contributed by atoms with E-state index in [4.69, 9.17) is 0 Å². The summed E-state index contributed by atoms with van der Waals surface area (Å²) in [6, 6.07) is 0. The SMILES string of the molecule is C=C1C(F)=CC=CN1/C(C)=C\C. The quantitative estimate of drug-likeness (QED) is 0.577. The van der Waals surface area contributed by atoms with E-state index in [9.17, 15) is 4.39 Å². The molecule has 0 aliphatic carbocycles. The molecular formula is C10H12FN. The minimum Gasteiger partial charge on any atom is -0.319 e. The van der Waals surface area contributed by atoms with Crippen LogP contribution >= 0.6 is 0 Å². The van der Waals surface area contributed by atoms with Gasteiger partial charge < -0.3 is 4.90 Å². The zero-order chi connectivity index (χ0) is 9.14. The summed E-state index contributed by atoms with van der Waals surface area (Å²) in [6.45, 7) is 7.46. The fourth-order valence-electron chi connectivity index (χ4n) is 0.984. The number of rotatable bonds is 1. The van der Waals surface area contributed by atoms with Gasteiger partial charge in [0.15, 0.2) is 0 Å². The number of halogens is 1. The molecular weight excluding hydrogens is 153 g/mol. The second kappa shape index (κ2) is 3.39. The maximum absolute atomic E-state index is 13.0. The van der Waals surface area contributed by atoms with Gasteiger partial charge in [-0.15, -0.1) is 0 Å². The summed E-state index contributed by atoms with van der Waals surface area (Å²) in [4.78, 5) is 1.72. The molecule has 0 fully saturated rings. The van der Waals surface area contributed by atoms with E-state index in [1.807, 2.05) is 19.9 Å². The molecule has 12 heavy (non-hydrogen) atoms. The molecule has 0 aromatic heterocycles. The van der Waals surface area contributed by atoms with E-state index >= 15 is 0 Å². The molecule has 1 nitrogen and oxygen atoms in total. The van der Waals surface area contributed by atoms with Crippen LogP contribution in [0.3, 0.4) is 0 Å². The molecule has 0 aromatic carbocycles. The topological polar surface area (TPSA) is 3.24 Å². The normalized spacial score (nSPS) is 18.2. The largest absolute Gasteiger partial charge is 0.319 e. The third-order valence-corrected chi connectivity index (χ3v) is 1.84. The lowest BCUT2D eigenvalue weighted by Crippen LogP contribution is -2.15. The van der Waals surface area contributed by atoms with Crippen LogP contribution in [0.1, 0.15) is 13.8 Å². The van der Waals surface area contributed by atoms with E-state index in [-0.39, 0.29) is 5.83 Å². The Morgan fingerprint density at radius 2 is 2.33 bits per heavy atom. The van der Waals surface area contributed by atoms with E-state index in [0.717, 1.165) is 5.70 Å². The molecule has 0 N–H and O–H groups in total. The van der Waals surface area contributed by atoms with Crippen LogP contribution in [0.25, 0.3) is 0 Å². The van der Waals surface area contributed by atoms with Gasteiger partial charge in [-0.3, -0.25) is 0 Å². The monoisotopic (exact) mass is 165 g/mol. The molecule has 1 aliphatic rings. The predicted octanol–water partition coefficient (Wildman–Crippen LogP) is 3.11. The van der Waals surface area contributed by atoms with Crippen LogP contribution in [-0.2, 0) is 0 Å². The highest BCUT2D eigenvalue weighted by molar-refractivity contribution is 5.34. The first kappa shape index (κ1) is 8.78. The van der Waals surface area contributed by atoms with Gasteiger partial charge in [0.1, 0.15) is 5.83 Å². The molecule has 0 aromatic rings. The first-order valence-corrected chi connectivity index (χ1v) is 3.82. The molecule has 64 valence electrons. The third-order valence-electron chi connectivity index (χ3n) is 1.84. The average molecular weight is 165 g/mol. The van der Waals surface area contributed by atoms with Gasteiger partial charge in [-0.05, 0) is 26.0 Å². The van der Waals surface area contributed by atoms with Crippen molar-refractivity contribution in [2.75, 3.05) is 0 Å². The highest BCUT2D eigenvalue weighted by Gasteiger charge is 2.12. The summed E-state index contributed by atoms with van der Waals surface area (Å²) in [5.41, 5.74) is 1.37. The molecule has 2 heteroatoms. The first-order chi connectivity index (χ1) is 5.66. The highest BCUT2D eigenvalue weighted by atomic mass is 19.1. The van der Waals surface area contributed by atoms with Gasteiger partial charge >= 0.3 is 0 Å². The van der Waals surface area contributed by atoms with Gasteiger partial charge in [0.2, 0.25) is 0 Å². The van der Waals surface area contributed by atoms with E-state index < -0.39 is 0 Å². The molecule has 0 bridgehead atoms. The smallest absolute Gasteiger partial charge is 0.146 e. The maximum Gasteiger partial charge on any atom is 0.146 e. The summed E-state index contributed by atoms with van der Waals surface area (Å²) in [6.07, 6.45) is 6.77. The van der Waals surface area contributed by atoms with Gasteiger partial charge in [-0.1, -0.05) is 12.7 Å². The van der Waals surface area contributed by atoms with Gasteiger partial charge in [0, 0.05) is 11.9 Å². The Hall–Kier alpha value is -1.31. The van der Waals surface area contributed by atoms with Crippen molar-refractivity contribution in [3.63, 3.8) is 0 Å². The first-order valence-electron chi connectivity index (χ1n) is 3.82. The highest BCUT2D eigenvalue weighted by Crippen LogP contribution is 2.23. The van der Waals surface area contributed by atoms with Crippen molar-refractivity contribution in [3.05, 3.63) is 48.2 Å². The van der Waals surface area contributed by atoms with E-state index in [1.165, 1.54) is 6.08 Å². The van der Waals surface area contributed by atoms with E-state index in [2.05, 4.69) is 6.58 Å². The van der Waals surface area contributed by atoms with Crippen molar-refractivity contribution in [1.29, 1.82) is 0 Å². The molecule has 0 radical (unpaired) electrons. The molecule has 0 unspecified atom stereocenters. The Labute approximate surface area is 72.2 Å². The summed E-state index contributed by atoms with van der Waals surface area (Å²) in [5, 5.41) is 0. The molecule has 0 amide bonds. The maximum atomic E-state index is 13.0. The number of nitrogens with zero attached hydrogens (tertiary/aromatic N) is 1. The van der Waals surface area contributed by atoms with Crippen LogP contribution < -0.4 is 0 Å². The second-order valence-electron chi connectivity index (χ2n) is 2.60. The Morgan fingerprint density at radius 3 is 2.92 bits per heavy atom. The molecule has 0 spiro atoms. The number of hydrogen-bond donors (Lipinski definition) is 0. The number of allylic oxidation sites excluding steroid dienone is 5. The molecule has 1 rings (SSSR count). The fourth-order valence-corrected chi connectivity index (χ4v) is 0.984. The van der Waals surface area contributed by atoms with Crippen molar-refractivity contribution >= 4 is 0 Å². The van der Waals surface area contributed by atoms with Crippen LogP contribution in [0.5, 0.6) is 0 Å². The third kappa shape index (κ3) is 1.47. The predicted molar refractivity (Wildman–Crippen MR) is 48.7 cm³/mol. The molecule has 1 heterocycles. The van der Waals surface area contributed by atoms with Crippen molar-refractivity contribution in [3.8, 4) is 0 Å². The van der Waals surface area contributed by atoms with Crippen molar-refractivity contribution in [2.24, 2.45) is 0 Å². The second-order valence-corrected chi connectivity index (χ2v) is 2.60. The van der Waals surface area contributed by atoms with Gasteiger partial charge in [-0.25, -0.2) is 4.39 Å². The van der Waals surface area contributed by atoms with Crippen molar-refractivity contribution < 1.29 is 4.39 Å². The molecule has 0 atom stereocenters. The Morgan fingerprint density at radius 1 is 1.67 bits per heavy atom. The zero-order valence-electron chi connectivity index (χ0n) is 7.34. The Kier molecular flexibility index (Phi) is 2.48. The van der Waals surface area contributed by atoms with Crippen LogP contribution in [0.4, 0.5) is 4.39 Å². The summed E-state index contributed by atoms with van der Waals surface area (Å²) in [7, 11) is 0. The van der Waals surface area contributed by atoms with Crippen LogP contribution in [-0.4, -0.2) is 4.90 Å². The minimum atomic E-state index is -0.279. The lowest BCUT2D eigenvalue weighted by Gasteiger charge is -2.24. The Bertz CT molecular complexity index is 284. The van der Waals surface area contributed by atoms with Crippen LogP contribution in [0.15, 0.2) is 48.2 Å². The van der Waals surface area contributed by atoms with Crippen molar-refractivity contribution in [1.82, 2.24) is 4.90 Å².